The van der Waals surface area contributed by atoms with Crippen molar-refractivity contribution in [2.45, 2.75) is 82.4 Å². The Labute approximate surface area is 146 Å². The van der Waals surface area contributed by atoms with Crippen LogP contribution in [0, 0.1) is 0 Å². The summed E-state index contributed by atoms with van der Waals surface area (Å²) in [5.41, 5.74) is 0. The van der Waals surface area contributed by atoms with Gasteiger partial charge >= 0.3 is 11.9 Å². The van der Waals surface area contributed by atoms with Gasteiger partial charge in [0.25, 0.3) is 0 Å². The highest BCUT2D eigenvalue weighted by Crippen LogP contribution is 2.11. The first-order chi connectivity index (χ1) is 11.7. The van der Waals surface area contributed by atoms with Crippen LogP contribution in [0.25, 0.3) is 0 Å². The number of aliphatic hydroxyl groups is 6. The molecule has 1 unspecified atom stereocenters. The Hall–Kier alpha value is -1.10. The average molecular weight is 366 g/mol. The van der Waals surface area contributed by atoms with Gasteiger partial charge in [0.05, 0.1) is 19.1 Å². The van der Waals surface area contributed by atoms with Crippen molar-refractivity contribution in [1.29, 1.82) is 0 Å². The number of esters is 2. The highest BCUT2D eigenvalue weighted by Gasteiger charge is 2.36. The molecule has 0 bridgehead atoms. The maximum absolute atomic E-state index is 11.5. The lowest BCUT2D eigenvalue weighted by molar-refractivity contribution is -0.177. The van der Waals surface area contributed by atoms with Crippen LogP contribution in [0.4, 0.5) is 0 Å². The van der Waals surface area contributed by atoms with Crippen LogP contribution in [-0.2, 0) is 14.3 Å². The van der Waals surface area contributed by atoms with Crippen molar-refractivity contribution < 1.29 is 45.0 Å². The van der Waals surface area contributed by atoms with E-state index in [9.17, 15) is 30.0 Å². The molecule has 0 heterocycles. The molecule has 0 aromatic rings. The molecule has 0 spiro atoms. The second-order valence-electron chi connectivity index (χ2n) is 6.03. The van der Waals surface area contributed by atoms with E-state index in [0.717, 1.165) is 32.1 Å². The van der Waals surface area contributed by atoms with E-state index in [1.807, 2.05) is 0 Å². The van der Waals surface area contributed by atoms with Crippen molar-refractivity contribution >= 4 is 11.9 Å². The molecule has 148 valence electrons. The predicted molar refractivity (Wildman–Crippen MR) is 86.2 cm³/mol. The molecule has 0 rings (SSSR count). The highest BCUT2D eigenvalue weighted by molar-refractivity contribution is 5.88. The molecular formula is C16H30O9. The summed E-state index contributed by atoms with van der Waals surface area (Å²) in [6, 6.07) is 0. The summed E-state index contributed by atoms with van der Waals surface area (Å²) in [6.07, 6.45) is -4.37. The zero-order valence-electron chi connectivity index (χ0n) is 14.5. The van der Waals surface area contributed by atoms with E-state index in [4.69, 9.17) is 10.2 Å². The van der Waals surface area contributed by atoms with Gasteiger partial charge < -0.3 is 35.4 Å². The monoisotopic (exact) mass is 366 g/mol. The van der Waals surface area contributed by atoms with Crippen molar-refractivity contribution in [1.82, 2.24) is 0 Å². The number of carbonyl (C=O) groups is 2. The van der Waals surface area contributed by atoms with Crippen LogP contribution >= 0.6 is 0 Å². The molecule has 0 saturated heterocycles. The van der Waals surface area contributed by atoms with Gasteiger partial charge in [0.1, 0.15) is 18.3 Å². The summed E-state index contributed by atoms with van der Waals surface area (Å²) < 4.78 is 4.31. The van der Waals surface area contributed by atoms with E-state index in [1.165, 1.54) is 0 Å². The van der Waals surface area contributed by atoms with Crippen LogP contribution in [0.15, 0.2) is 0 Å². The van der Waals surface area contributed by atoms with Crippen molar-refractivity contribution in [2.24, 2.45) is 0 Å². The van der Waals surface area contributed by atoms with Crippen LogP contribution in [0.1, 0.15) is 51.9 Å². The normalized spacial score (nSPS) is 17.4. The van der Waals surface area contributed by atoms with E-state index in [1.54, 1.807) is 0 Å². The largest absolute Gasteiger partial charge is 0.394 e. The van der Waals surface area contributed by atoms with Crippen molar-refractivity contribution in [3.8, 4) is 0 Å². The van der Waals surface area contributed by atoms with Gasteiger partial charge in [-0.15, -0.1) is 0 Å². The fourth-order valence-corrected chi connectivity index (χ4v) is 2.15. The number of hydrogen-bond acceptors (Lipinski definition) is 9. The molecule has 0 saturated carbocycles. The molecule has 25 heavy (non-hydrogen) atoms. The van der Waals surface area contributed by atoms with Crippen molar-refractivity contribution in [3.05, 3.63) is 0 Å². The SMILES string of the molecule is CCCCCCCC(O)CC(=O)OC(=O)[C@H](O)[C@@H](O)[C@H](O)[C@H](O)CO. The highest BCUT2D eigenvalue weighted by atomic mass is 16.6. The quantitative estimate of drug-likeness (QED) is 0.131. The third-order valence-electron chi connectivity index (χ3n) is 3.75. The lowest BCUT2D eigenvalue weighted by atomic mass is 10.0. The first-order valence-electron chi connectivity index (χ1n) is 8.50. The van der Waals surface area contributed by atoms with E-state index in [-0.39, 0.29) is 0 Å². The molecule has 0 aliphatic heterocycles. The maximum atomic E-state index is 11.5. The van der Waals surface area contributed by atoms with Gasteiger partial charge in [0, 0.05) is 0 Å². The van der Waals surface area contributed by atoms with Gasteiger partial charge in [-0.2, -0.15) is 0 Å². The lowest BCUT2D eigenvalue weighted by Crippen LogP contribution is -2.49. The predicted octanol–water partition coefficient (Wildman–Crippen LogP) is -1.40. The number of hydrogen-bond donors (Lipinski definition) is 6. The molecule has 0 aliphatic carbocycles. The van der Waals surface area contributed by atoms with Gasteiger partial charge in [0.15, 0.2) is 6.10 Å². The van der Waals surface area contributed by atoms with Crippen LogP contribution in [0.3, 0.4) is 0 Å². The molecule has 9 nitrogen and oxygen atoms in total. The number of carbonyl (C=O) groups excluding carboxylic acids is 2. The van der Waals surface area contributed by atoms with Crippen LogP contribution in [0.5, 0.6) is 0 Å². The minimum Gasteiger partial charge on any atom is -0.394 e. The Kier molecular flexibility index (Phi) is 12.6. The molecule has 0 radical (unpaired) electrons. The first kappa shape index (κ1) is 23.9. The third kappa shape index (κ3) is 9.83. The first-order valence-corrected chi connectivity index (χ1v) is 8.50. The Morgan fingerprint density at radius 3 is 2.08 bits per heavy atom. The standard InChI is InChI=1S/C16H30O9/c1-2-3-4-5-6-7-10(18)8-12(20)25-16(24)15(23)14(22)13(21)11(19)9-17/h10-11,13-15,17-19,21-23H,2-9H2,1H3/t10?,11-,13-,14+,15-/m1/s1. The topological polar surface area (TPSA) is 165 Å². The Balaban J connectivity index is 4.20. The Bertz CT molecular complexity index is 388. The molecular weight excluding hydrogens is 336 g/mol. The molecule has 0 amide bonds. The lowest BCUT2D eigenvalue weighted by Gasteiger charge is -2.24. The minimum absolute atomic E-state index is 0.375. The van der Waals surface area contributed by atoms with E-state index < -0.39 is 55.5 Å². The van der Waals surface area contributed by atoms with Crippen LogP contribution in [0.2, 0.25) is 0 Å². The number of unbranched alkanes of at least 4 members (excludes halogenated alkanes) is 4. The molecule has 0 aromatic carbocycles. The summed E-state index contributed by atoms with van der Waals surface area (Å²) in [5, 5.41) is 55.9. The molecule has 0 aromatic heterocycles. The molecule has 0 fully saturated rings. The van der Waals surface area contributed by atoms with Crippen LogP contribution < -0.4 is 0 Å². The van der Waals surface area contributed by atoms with Crippen molar-refractivity contribution in [2.75, 3.05) is 6.61 Å². The summed E-state index contributed by atoms with van der Waals surface area (Å²) in [5.74, 6) is -2.59. The number of rotatable bonds is 13. The third-order valence-corrected chi connectivity index (χ3v) is 3.75. The molecule has 6 N–H and O–H groups in total. The zero-order valence-corrected chi connectivity index (χ0v) is 14.5. The molecule has 0 aliphatic rings. The summed E-state index contributed by atoms with van der Waals surface area (Å²) >= 11 is 0. The zero-order chi connectivity index (χ0) is 19.4. The number of aliphatic hydroxyl groups excluding tert-OH is 6. The van der Waals surface area contributed by atoms with Crippen molar-refractivity contribution in [3.63, 3.8) is 0 Å². The Morgan fingerprint density at radius 1 is 0.920 bits per heavy atom. The van der Waals surface area contributed by atoms with Gasteiger partial charge in [0.2, 0.25) is 0 Å². The van der Waals surface area contributed by atoms with Crippen LogP contribution in [-0.4, -0.2) is 79.7 Å². The summed E-state index contributed by atoms with van der Waals surface area (Å²) in [6.45, 7) is 1.18. The fraction of sp³-hybridized carbons (Fsp3) is 0.875. The number of ether oxygens (including phenoxy) is 1. The summed E-state index contributed by atoms with van der Waals surface area (Å²) in [4.78, 5) is 23.1. The molecule has 9 heteroatoms. The minimum atomic E-state index is -2.29. The summed E-state index contributed by atoms with van der Waals surface area (Å²) in [7, 11) is 0. The van der Waals surface area contributed by atoms with Gasteiger partial charge in [-0.25, -0.2) is 4.79 Å². The molecule has 5 atom stereocenters. The van der Waals surface area contributed by atoms with E-state index in [0.29, 0.717) is 6.42 Å². The average Bonchev–Trinajstić information content (AvgIpc) is 2.58. The van der Waals surface area contributed by atoms with Gasteiger partial charge in [-0.1, -0.05) is 39.0 Å². The Morgan fingerprint density at radius 2 is 1.52 bits per heavy atom. The van der Waals surface area contributed by atoms with Gasteiger partial charge in [-0.3, -0.25) is 4.79 Å². The van der Waals surface area contributed by atoms with Gasteiger partial charge in [-0.05, 0) is 6.42 Å². The second-order valence-corrected chi connectivity index (χ2v) is 6.03. The maximum Gasteiger partial charge on any atom is 0.345 e. The van der Waals surface area contributed by atoms with E-state index in [2.05, 4.69) is 11.7 Å². The smallest absolute Gasteiger partial charge is 0.345 e. The second kappa shape index (κ2) is 13.2. The fourth-order valence-electron chi connectivity index (χ4n) is 2.15. The van der Waals surface area contributed by atoms with E-state index >= 15 is 0 Å².